The van der Waals surface area contributed by atoms with E-state index >= 15 is 0 Å². The van der Waals surface area contributed by atoms with Gasteiger partial charge in [0.05, 0.1) is 19.3 Å². The molecule has 6 heteroatoms. The second-order valence-electron chi connectivity index (χ2n) is 6.09. The number of hydrogen-bond acceptors (Lipinski definition) is 4. The first kappa shape index (κ1) is 21.3. The Kier molecular flexibility index (Phi) is 10.7. The van der Waals surface area contributed by atoms with Crippen molar-refractivity contribution in [3.63, 3.8) is 0 Å². The molecule has 1 rings (SSSR count). The van der Waals surface area contributed by atoms with Crippen LogP contribution in [0.25, 0.3) is 0 Å². The third-order valence-electron chi connectivity index (χ3n) is 3.44. The van der Waals surface area contributed by atoms with Gasteiger partial charge in [-0.3, -0.25) is 4.99 Å². The number of hydrogen-bond donors (Lipinski definition) is 2. The van der Waals surface area contributed by atoms with Crippen molar-refractivity contribution in [2.24, 2.45) is 4.99 Å². The van der Waals surface area contributed by atoms with Crippen molar-refractivity contribution < 1.29 is 14.2 Å². The lowest BCUT2D eigenvalue weighted by Gasteiger charge is -2.17. The molecule has 6 nitrogen and oxygen atoms in total. The van der Waals surface area contributed by atoms with Crippen LogP contribution in [0.3, 0.4) is 0 Å². The highest BCUT2D eigenvalue weighted by molar-refractivity contribution is 5.79. The van der Waals surface area contributed by atoms with Gasteiger partial charge in [0.1, 0.15) is 5.75 Å². The molecule has 0 fully saturated rings. The van der Waals surface area contributed by atoms with Crippen molar-refractivity contribution in [3.8, 4) is 5.75 Å². The average molecular weight is 351 g/mol. The highest BCUT2D eigenvalue weighted by atomic mass is 16.5. The van der Waals surface area contributed by atoms with Gasteiger partial charge in [-0.2, -0.15) is 0 Å². The Morgan fingerprint density at radius 1 is 1.16 bits per heavy atom. The topological polar surface area (TPSA) is 64.1 Å². The summed E-state index contributed by atoms with van der Waals surface area (Å²) >= 11 is 0. The molecule has 142 valence electrons. The maximum Gasteiger partial charge on any atom is 0.191 e. The van der Waals surface area contributed by atoms with E-state index in [1.807, 2.05) is 13.8 Å². The largest absolute Gasteiger partial charge is 0.491 e. The summed E-state index contributed by atoms with van der Waals surface area (Å²) < 4.78 is 16.3. The Morgan fingerprint density at radius 2 is 1.96 bits per heavy atom. The van der Waals surface area contributed by atoms with Gasteiger partial charge in [0, 0.05) is 39.4 Å². The molecule has 1 aromatic carbocycles. The minimum absolute atomic E-state index is 0.149. The first-order chi connectivity index (χ1) is 12.1. The molecule has 0 spiro atoms. The summed E-state index contributed by atoms with van der Waals surface area (Å²) in [7, 11) is 3.44. The fourth-order valence-electron chi connectivity index (χ4n) is 2.20. The van der Waals surface area contributed by atoms with Crippen molar-refractivity contribution in [2.75, 3.05) is 40.5 Å². The van der Waals surface area contributed by atoms with E-state index in [2.05, 4.69) is 40.7 Å². The van der Waals surface area contributed by atoms with Crippen molar-refractivity contribution >= 4 is 5.96 Å². The van der Waals surface area contributed by atoms with Crippen LogP contribution in [0.4, 0.5) is 0 Å². The van der Waals surface area contributed by atoms with Crippen LogP contribution in [0.15, 0.2) is 23.2 Å². The van der Waals surface area contributed by atoms with Gasteiger partial charge < -0.3 is 24.8 Å². The van der Waals surface area contributed by atoms with E-state index in [0.717, 1.165) is 30.2 Å². The van der Waals surface area contributed by atoms with Crippen LogP contribution < -0.4 is 15.4 Å². The summed E-state index contributed by atoms with van der Waals surface area (Å²) in [6.45, 7) is 9.58. The normalized spacial score (nSPS) is 11.7. The molecule has 0 aromatic heterocycles. The first-order valence-electron chi connectivity index (χ1n) is 8.84. The van der Waals surface area contributed by atoms with Crippen LogP contribution in [0.1, 0.15) is 31.4 Å². The van der Waals surface area contributed by atoms with Crippen molar-refractivity contribution in [2.45, 2.75) is 39.8 Å². The van der Waals surface area contributed by atoms with E-state index in [0.29, 0.717) is 26.4 Å². The monoisotopic (exact) mass is 351 g/mol. The smallest absolute Gasteiger partial charge is 0.191 e. The van der Waals surface area contributed by atoms with Crippen molar-refractivity contribution in [3.05, 3.63) is 29.3 Å². The van der Waals surface area contributed by atoms with Gasteiger partial charge in [-0.25, -0.2) is 0 Å². The van der Waals surface area contributed by atoms with E-state index in [9.17, 15) is 0 Å². The minimum Gasteiger partial charge on any atom is -0.491 e. The van der Waals surface area contributed by atoms with Crippen LogP contribution in [0.5, 0.6) is 5.75 Å². The first-order valence-corrected chi connectivity index (χ1v) is 8.84. The molecule has 0 saturated heterocycles. The highest BCUT2D eigenvalue weighted by Crippen LogP contribution is 2.21. The Balaban J connectivity index is 2.39. The van der Waals surface area contributed by atoms with Gasteiger partial charge in [0.2, 0.25) is 0 Å². The molecule has 0 saturated carbocycles. The molecule has 0 radical (unpaired) electrons. The summed E-state index contributed by atoms with van der Waals surface area (Å²) in [6, 6.07) is 6.26. The van der Waals surface area contributed by atoms with E-state index in [1.165, 1.54) is 5.56 Å². The maximum atomic E-state index is 5.91. The third kappa shape index (κ3) is 9.31. The fraction of sp³-hybridized carbons (Fsp3) is 0.632. The lowest BCUT2D eigenvalue weighted by molar-refractivity contribution is 0.0698. The lowest BCUT2D eigenvalue weighted by atomic mass is 10.1. The number of guanidine groups is 1. The zero-order valence-electron chi connectivity index (χ0n) is 16.2. The van der Waals surface area contributed by atoms with Crippen molar-refractivity contribution in [1.29, 1.82) is 0 Å². The second-order valence-corrected chi connectivity index (χ2v) is 6.09. The molecule has 0 heterocycles. The predicted molar refractivity (Wildman–Crippen MR) is 102 cm³/mol. The maximum absolute atomic E-state index is 5.91. The molecule has 1 aromatic rings. The molecular weight excluding hydrogens is 318 g/mol. The zero-order valence-corrected chi connectivity index (χ0v) is 16.2. The standard InChI is InChI=1S/C19H33N3O3/c1-15(2)25-18-13-16(3)7-8-17(18)14-22-19(20-4)21-9-6-10-24-12-11-23-5/h7-8,13,15H,6,9-12,14H2,1-5H3,(H2,20,21,22). The van der Waals surface area contributed by atoms with Crippen molar-refractivity contribution in [1.82, 2.24) is 10.6 Å². The SMILES string of the molecule is CN=C(NCCCOCCOC)NCc1ccc(C)cc1OC(C)C. The summed E-state index contributed by atoms with van der Waals surface area (Å²) in [5.41, 5.74) is 2.31. The summed E-state index contributed by atoms with van der Waals surface area (Å²) in [4.78, 5) is 4.25. The van der Waals surface area contributed by atoms with Crippen LogP contribution in [0, 0.1) is 6.92 Å². The van der Waals surface area contributed by atoms with Gasteiger partial charge in [-0.05, 0) is 38.8 Å². The molecule has 25 heavy (non-hydrogen) atoms. The highest BCUT2D eigenvalue weighted by Gasteiger charge is 2.07. The van der Waals surface area contributed by atoms with Crippen LogP contribution in [-0.4, -0.2) is 52.6 Å². The van der Waals surface area contributed by atoms with Gasteiger partial charge in [-0.15, -0.1) is 0 Å². The fourth-order valence-corrected chi connectivity index (χ4v) is 2.20. The van der Waals surface area contributed by atoms with E-state index in [1.54, 1.807) is 14.2 Å². The number of ether oxygens (including phenoxy) is 3. The molecule has 2 N–H and O–H groups in total. The quantitative estimate of drug-likeness (QED) is 0.364. The summed E-state index contributed by atoms with van der Waals surface area (Å²) in [5, 5.41) is 6.62. The number of methoxy groups -OCH3 is 1. The second kappa shape index (κ2) is 12.6. The third-order valence-corrected chi connectivity index (χ3v) is 3.44. The molecule has 0 atom stereocenters. The number of nitrogens with zero attached hydrogens (tertiary/aromatic N) is 1. The molecule has 0 bridgehead atoms. The molecule has 0 aliphatic rings. The van der Waals surface area contributed by atoms with Gasteiger partial charge >= 0.3 is 0 Å². The molecule has 0 aliphatic heterocycles. The number of nitrogens with one attached hydrogen (secondary N) is 2. The van der Waals surface area contributed by atoms with E-state index in [4.69, 9.17) is 14.2 Å². The van der Waals surface area contributed by atoms with Crippen LogP contribution in [-0.2, 0) is 16.0 Å². The molecule has 0 amide bonds. The average Bonchev–Trinajstić information content (AvgIpc) is 2.57. The van der Waals surface area contributed by atoms with Crippen LogP contribution in [0.2, 0.25) is 0 Å². The number of aryl methyl sites for hydroxylation is 1. The zero-order chi connectivity index (χ0) is 18.5. The molecule has 0 unspecified atom stereocenters. The lowest BCUT2D eigenvalue weighted by Crippen LogP contribution is -2.37. The number of rotatable bonds is 11. The van der Waals surface area contributed by atoms with Crippen LogP contribution >= 0.6 is 0 Å². The van der Waals surface area contributed by atoms with Gasteiger partial charge in [0.25, 0.3) is 0 Å². The van der Waals surface area contributed by atoms with Gasteiger partial charge in [-0.1, -0.05) is 12.1 Å². The Hall–Kier alpha value is -1.79. The van der Waals surface area contributed by atoms with E-state index in [-0.39, 0.29) is 6.10 Å². The Labute approximate surface area is 152 Å². The van der Waals surface area contributed by atoms with Gasteiger partial charge in [0.15, 0.2) is 5.96 Å². The Morgan fingerprint density at radius 3 is 2.64 bits per heavy atom. The number of benzene rings is 1. The molecular formula is C19H33N3O3. The summed E-state index contributed by atoms with van der Waals surface area (Å²) in [6.07, 6.45) is 1.06. The molecule has 0 aliphatic carbocycles. The minimum atomic E-state index is 0.149. The predicted octanol–water partition coefficient (Wildman–Crippen LogP) is 2.50. The Bertz CT molecular complexity index is 519. The number of aliphatic imine (C=N–C) groups is 1. The summed E-state index contributed by atoms with van der Waals surface area (Å²) in [5.74, 6) is 1.69. The van der Waals surface area contributed by atoms with E-state index < -0.39 is 0 Å².